The molecule has 0 aliphatic carbocycles. The molecule has 0 saturated heterocycles. The Morgan fingerprint density at radius 1 is 0.683 bits per heavy atom. The van der Waals surface area contributed by atoms with Gasteiger partial charge >= 0.3 is 11.9 Å². The molecule has 0 aliphatic heterocycles. The second-order valence-electron chi connectivity index (χ2n) is 14.7. The zero-order chi connectivity index (χ0) is 44.6. The van der Waals surface area contributed by atoms with E-state index in [1.165, 1.54) is 24.3 Å². The lowest BCUT2D eigenvalue weighted by molar-refractivity contribution is -0.154. The Kier molecular flexibility index (Phi) is 20.7. The van der Waals surface area contributed by atoms with Gasteiger partial charge < -0.3 is 24.6 Å². The topological polar surface area (TPSA) is 157 Å². The predicted molar refractivity (Wildman–Crippen MR) is 234 cm³/mol. The van der Waals surface area contributed by atoms with Gasteiger partial charge in [-0.1, -0.05) is 85.4 Å². The van der Waals surface area contributed by atoms with Gasteiger partial charge in [0.25, 0.3) is 23.9 Å². The smallest absolute Gasteiger partial charge is 0.336 e. The molecule has 4 aromatic carbocycles. The number of aliphatic hydroxyl groups excluding tert-OH is 1. The number of esters is 2. The van der Waals surface area contributed by atoms with E-state index in [4.69, 9.17) is 36.9 Å². The maximum Gasteiger partial charge on any atom is 0.336 e. The van der Waals surface area contributed by atoms with E-state index < -0.39 is 48.1 Å². The highest BCUT2D eigenvalue weighted by Gasteiger charge is 2.30. The minimum Gasteiger partial charge on any atom is -0.464 e. The molecule has 0 aliphatic rings. The van der Waals surface area contributed by atoms with E-state index in [2.05, 4.69) is 0 Å². The summed E-state index contributed by atoms with van der Waals surface area (Å²) in [6, 6.07) is 23.3. The van der Waals surface area contributed by atoms with E-state index in [9.17, 15) is 41.9 Å². The molecule has 0 aromatic heterocycles. The molecular formula is C43H52B2Cl2F2O10S. The third-order valence-corrected chi connectivity index (χ3v) is 10.3. The number of ether oxygens (including phenoxy) is 2. The highest BCUT2D eigenvalue weighted by atomic mass is 35.5. The number of carbonyl (C=O) groups excluding carboxylic acids is 2. The molecule has 4 atom stereocenters. The minimum absolute atomic E-state index is 0.0570. The lowest BCUT2D eigenvalue weighted by atomic mass is 9.62. The molecule has 0 saturated carbocycles. The van der Waals surface area contributed by atoms with E-state index in [-0.39, 0.29) is 49.5 Å². The van der Waals surface area contributed by atoms with Crippen molar-refractivity contribution in [2.24, 2.45) is 11.8 Å². The van der Waals surface area contributed by atoms with Crippen LogP contribution in [-0.4, -0.2) is 81.0 Å². The van der Waals surface area contributed by atoms with Gasteiger partial charge in [-0.05, 0) is 123 Å². The molecule has 0 amide bonds. The maximum absolute atomic E-state index is 14.1. The fourth-order valence-corrected chi connectivity index (χ4v) is 7.73. The third kappa shape index (κ3) is 17.6. The van der Waals surface area contributed by atoms with Crippen molar-refractivity contribution >= 4 is 59.1 Å². The summed E-state index contributed by atoms with van der Waals surface area (Å²) in [5.41, 5.74) is 4.02. The summed E-state index contributed by atoms with van der Waals surface area (Å²) in [6.45, 7) is 5.67. The number of hydrogen-bond acceptors (Lipinski definition) is 10. The minimum atomic E-state index is -3.89. The molecule has 17 heteroatoms. The van der Waals surface area contributed by atoms with Gasteiger partial charge in [0.2, 0.25) is 0 Å². The molecule has 0 spiro atoms. The summed E-state index contributed by atoms with van der Waals surface area (Å²) < 4.78 is 66.2. The molecule has 4 rings (SSSR count). The summed E-state index contributed by atoms with van der Waals surface area (Å²) in [5, 5.41) is 30.6. The fraction of sp³-hybridized carbons (Fsp3) is 0.395. The Labute approximate surface area is 362 Å². The molecule has 10 nitrogen and oxygen atoms in total. The zero-order valence-corrected chi connectivity index (χ0v) is 36.7. The van der Waals surface area contributed by atoms with Crippen LogP contribution < -0.4 is 0 Å². The molecule has 0 heterocycles. The first-order chi connectivity index (χ1) is 28.3. The summed E-state index contributed by atoms with van der Waals surface area (Å²) in [6.07, 6.45) is 0.407. The molecule has 0 fully saturated rings. The second kappa shape index (κ2) is 24.6. The first-order valence-electron chi connectivity index (χ1n) is 19.6. The Morgan fingerprint density at radius 2 is 1.08 bits per heavy atom. The van der Waals surface area contributed by atoms with Crippen LogP contribution in [0.4, 0.5) is 8.78 Å². The Balaban J connectivity index is 0.000000323. The Morgan fingerprint density at radius 3 is 1.47 bits per heavy atom. The quantitative estimate of drug-likeness (QED) is 0.0447. The van der Waals surface area contributed by atoms with Crippen molar-refractivity contribution in [3.8, 4) is 22.3 Å². The number of halogens is 4. The standard InChI is InChI=1S/C22H27BClFO6S.C21H25BClFO4/c1-4-30-22(26)21(31-32(3,28)29)12-16(14-23(2)27)11-15-5-7-17(8-6-15)19-13-18(24)9-10-20(19)25;1-3-28-21(26)20(25)11-15(13-22(2)27)10-14-4-6-16(7-5-14)18-12-17(23)8-9-19(18)24/h5-10,13,16,21,27H,4,11-12,14H2,1-3H3;4-9,12,15,20,25,27H,3,10-11,13H2,1-2H3/t16-,21-;15-,20-/m11/s1. The number of carbonyl (C=O) groups is 2. The van der Waals surface area contributed by atoms with Crippen molar-refractivity contribution in [2.45, 2.75) is 78.0 Å². The fourth-order valence-electron chi connectivity index (χ4n) is 6.81. The SMILES string of the molecule is CCOC(=O)[C@@H](C[C@H](CB(C)O)Cc1ccc(-c2cc(Cl)ccc2F)cc1)OS(C)(=O)=O.CCOC(=O)[C@H](O)C[C@H](CB(C)O)Cc1ccc(-c2cc(Cl)ccc2F)cc1. The molecule has 324 valence electrons. The molecule has 4 aromatic rings. The zero-order valence-electron chi connectivity index (χ0n) is 34.3. The van der Waals surface area contributed by atoms with Gasteiger partial charge in [0, 0.05) is 21.2 Å². The first kappa shape index (κ1) is 50.5. The van der Waals surface area contributed by atoms with E-state index >= 15 is 0 Å². The summed E-state index contributed by atoms with van der Waals surface area (Å²) in [7, 11) is -3.89. The molecule has 0 radical (unpaired) electrons. The monoisotopic (exact) mass is 890 g/mol. The van der Waals surface area contributed by atoms with E-state index in [1.54, 1.807) is 51.8 Å². The largest absolute Gasteiger partial charge is 0.464 e. The predicted octanol–water partition coefficient (Wildman–Crippen LogP) is 8.45. The van der Waals surface area contributed by atoms with Crippen LogP contribution in [0.1, 0.15) is 37.8 Å². The lowest BCUT2D eigenvalue weighted by Crippen LogP contribution is -2.32. The third-order valence-electron chi connectivity index (χ3n) is 9.29. The second-order valence-corrected chi connectivity index (χ2v) is 17.2. The highest BCUT2D eigenvalue weighted by Crippen LogP contribution is 2.30. The Hall–Kier alpha value is -3.82. The molecule has 3 N–H and O–H groups in total. The summed E-state index contributed by atoms with van der Waals surface area (Å²) in [5.74, 6) is -2.51. The van der Waals surface area contributed by atoms with Crippen LogP contribution in [0.5, 0.6) is 0 Å². The lowest BCUT2D eigenvalue weighted by Gasteiger charge is -2.22. The molecule has 0 unspecified atom stereocenters. The number of hydrogen-bond donors (Lipinski definition) is 3. The number of rotatable bonds is 20. The van der Waals surface area contributed by atoms with Crippen LogP contribution in [0.25, 0.3) is 22.3 Å². The van der Waals surface area contributed by atoms with Crippen molar-refractivity contribution in [1.29, 1.82) is 0 Å². The van der Waals surface area contributed by atoms with Crippen LogP contribution in [0.3, 0.4) is 0 Å². The van der Waals surface area contributed by atoms with Crippen molar-refractivity contribution in [3.05, 3.63) is 118 Å². The van der Waals surface area contributed by atoms with E-state index in [1.807, 2.05) is 36.4 Å². The van der Waals surface area contributed by atoms with Crippen molar-refractivity contribution in [3.63, 3.8) is 0 Å². The normalized spacial score (nSPS) is 13.3. The van der Waals surface area contributed by atoms with Crippen molar-refractivity contribution in [2.75, 3.05) is 19.5 Å². The average Bonchev–Trinajstić information content (AvgIpc) is 3.16. The number of benzene rings is 4. The van der Waals surface area contributed by atoms with Gasteiger partial charge in [0.1, 0.15) is 11.6 Å². The van der Waals surface area contributed by atoms with Crippen LogP contribution in [0.15, 0.2) is 84.9 Å². The van der Waals surface area contributed by atoms with Crippen molar-refractivity contribution in [1.82, 2.24) is 0 Å². The highest BCUT2D eigenvalue weighted by molar-refractivity contribution is 7.86. The molecule has 60 heavy (non-hydrogen) atoms. The van der Waals surface area contributed by atoms with Gasteiger partial charge in [-0.2, -0.15) is 8.42 Å². The molecular weight excluding hydrogens is 839 g/mol. The van der Waals surface area contributed by atoms with E-state index in [0.29, 0.717) is 57.8 Å². The van der Waals surface area contributed by atoms with Crippen LogP contribution in [-0.2, 0) is 46.2 Å². The maximum atomic E-state index is 14.1. The summed E-state index contributed by atoms with van der Waals surface area (Å²) in [4.78, 5) is 23.9. The molecule has 0 bridgehead atoms. The number of aliphatic hydroxyl groups is 1. The van der Waals surface area contributed by atoms with E-state index in [0.717, 1.165) is 17.4 Å². The van der Waals surface area contributed by atoms with Gasteiger partial charge in [-0.3, -0.25) is 4.18 Å². The average molecular weight is 891 g/mol. The Bertz CT molecular complexity index is 2090. The van der Waals surface area contributed by atoms with Crippen LogP contribution >= 0.6 is 23.2 Å². The van der Waals surface area contributed by atoms with Gasteiger partial charge in [-0.15, -0.1) is 0 Å². The summed E-state index contributed by atoms with van der Waals surface area (Å²) >= 11 is 11.9. The van der Waals surface area contributed by atoms with Crippen LogP contribution in [0, 0.1) is 23.5 Å². The van der Waals surface area contributed by atoms with Gasteiger partial charge in [-0.25, -0.2) is 18.4 Å². The van der Waals surface area contributed by atoms with Crippen molar-refractivity contribution < 1.29 is 55.6 Å². The van der Waals surface area contributed by atoms with Gasteiger partial charge in [0.15, 0.2) is 12.2 Å². The van der Waals surface area contributed by atoms with Gasteiger partial charge in [0.05, 0.1) is 19.5 Å². The van der Waals surface area contributed by atoms with Crippen LogP contribution in [0.2, 0.25) is 36.3 Å². The first-order valence-corrected chi connectivity index (χ1v) is 22.2.